The third-order valence-corrected chi connectivity index (χ3v) is 6.08. The van der Waals surface area contributed by atoms with E-state index in [1.54, 1.807) is 0 Å². The number of nitrogens with zero attached hydrogens (tertiary/aromatic N) is 1. The van der Waals surface area contributed by atoms with Crippen molar-refractivity contribution < 1.29 is 31.5 Å². The Balaban J connectivity index is 1.74. The molecule has 1 heterocycles. The molecule has 0 saturated carbocycles. The van der Waals surface area contributed by atoms with E-state index in [2.05, 4.69) is 20.3 Å². The molecule has 0 aliphatic heterocycles. The fourth-order valence-corrected chi connectivity index (χ4v) is 4.27. The molecule has 9 nitrogen and oxygen atoms in total. The second-order valence-electron chi connectivity index (χ2n) is 8.73. The van der Waals surface area contributed by atoms with Crippen molar-refractivity contribution in [3.63, 3.8) is 0 Å². The number of sulfonamides is 1. The number of anilines is 1. The van der Waals surface area contributed by atoms with Crippen molar-refractivity contribution >= 4 is 21.7 Å². The zero-order valence-corrected chi connectivity index (χ0v) is 21.5. The zero-order valence-electron chi connectivity index (χ0n) is 20.7. The summed E-state index contributed by atoms with van der Waals surface area (Å²) >= 11 is 0. The lowest BCUT2D eigenvalue weighted by atomic mass is 10.0. The van der Waals surface area contributed by atoms with Crippen LogP contribution >= 0.6 is 0 Å². The molecule has 3 rings (SSSR count). The molecule has 0 saturated heterocycles. The van der Waals surface area contributed by atoms with Crippen LogP contribution in [-0.4, -0.2) is 49.4 Å². The monoisotopic (exact) mass is 536 g/mol. The van der Waals surface area contributed by atoms with E-state index >= 15 is 0 Å². The van der Waals surface area contributed by atoms with E-state index in [-0.39, 0.29) is 30.1 Å². The maximum atomic E-state index is 13.8. The minimum absolute atomic E-state index is 0.0601. The van der Waals surface area contributed by atoms with Crippen molar-refractivity contribution in [3.05, 3.63) is 82.4 Å². The number of aromatic nitrogens is 1. The van der Waals surface area contributed by atoms with Crippen molar-refractivity contribution in [2.75, 3.05) is 17.5 Å². The van der Waals surface area contributed by atoms with Crippen LogP contribution in [0.1, 0.15) is 40.1 Å². The van der Waals surface area contributed by atoms with E-state index in [1.807, 2.05) is 31.2 Å². The van der Waals surface area contributed by atoms with E-state index in [1.165, 1.54) is 12.5 Å². The molecule has 0 fully saturated rings. The maximum Gasteiger partial charge on any atom is 0.307 e. The Morgan fingerprint density at radius 2 is 1.78 bits per heavy atom. The summed E-state index contributed by atoms with van der Waals surface area (Å²) in [4.78, 5) is 16.7. The molecule has 37 heavy (non-hydrogen) atoms. The van der Waals surface area contributed by atoms with E-state index in [4.69, 9.17) is 4.42 Å². The maximum absolute atomic E-state index is 13.8. The van der Waals surface area contributed by atoms with Gasteiger partial charge in [0.1, 0.15) is 17.4 Å². The summed E-state index contributed by atoms with van der Waals surface area (Å²) in [6, 6.07) is 9.92. The molecule has 200 valence electrons. The van der Waals surface area contributed by atoms with Crippen LogP contribution in [0, 0.1) is 18.6 Å². The Morgan fingerprint density at radius 3 is 2.43 bits per heavy atom. The first-order chi connectivity index (χ1) is 17.4. The molecule has 0 aliphatic carbocycles. The summed E-state index contributed by atoms with van der Waals surface area (Å²) in [5.41, 5.74) is 2.41. The molecule has 2 aromatic carbocycles. The SMILES string of the molecule is CCc1cccc(CNCC(O)C(Cc2cc(F)cc(F)c2)NC(=O)c2nc(NS(C)(=O)=O)c(C)o2)c1. The normalized spacial score (nSPS) is 13.2. The summed E-state index contributed by atoms with van der Waals surface area (Å²) in [7, 11) is -3.66. The van der Waals surface area contributed by atoms with Crippen LogP contribution in [0.5, 0.6) is 0 Å². The van der Waals surface area contributed by atoms with Gasteiger partial charge in [-0.3, -0.25) is 9.52 Å². The molecule has 1 amide bonds. The van der Waals surface area contributed by atoms with Gasteiger partial charge in [-0.1, -0.05) is 31.2 Å². The Hall–Kier alpha value is -3.35. The summed E-state index contributed by atoms with van der Waals surface area (Å²) < 4.78 is 58.0. The molecular weight excluding hydrogens is 506 g/mol. The average Bonchev–Trinajstić information content (AvgIpc) is 3.16. The minimum atomic E-state index is -3.66. The van der Waals surface area contributed by atoms with E-state index in [0.29, 0.717) is 6.54 Å². The lowest BCUT2D eigenvalue weighted by Gasteiger charge is -2.24. The van der Waals surface area contributed by atoms with Crippen LogP contribution in [0.25, 0.3) is 0 Å². The van der Waals surface area contributed by atoms with Gasteiger partial charge in [-0.25, -0.2) is 17.2 Å². The number of hydrogen-bond acceptors (Lipinski definition) is 7. The number of amides is 1. The lowest BCUT2D eigenvalue weighted by Crippen LogP contribution is -2.48. The number of aryl methyl sites for hydroxylation is 2. The summed E-state index contributed by atoms with van der Waals surface area (Å²) in [5.74, 6) is -2.92. The highest BCUT2D eigenvalue weighted by atomic mass is 32.2. The lowest BCUT2D eigenvalue weighted by molar-refractivity contribution is 0.0797. The molecule has 0 aliphatic rings. The summed E-state index contributed by atoms with van der Waals surface area (Å²) in [6.07, 6.45) is 0.560. The summed E-state index contributed by atoms with van der Waals surface area (Å²) in [5, 5.41) is 16.6. The molecule has 12 heteroatoms. The van der Waals surface area contributed by atoms with Crippen LogP contribution in [0.2, 0.25) is 0 Å². The van der Waals surface area contributed by atoms with E-state index < -0.39 is 45.6 Å². The first-order valence-corrected chi connectivity index (χ1v) is 13.5. The van der Waals surface area contributed by atoms with Crippen molar-refractivity contribution in [1.29, 1.82) is 0 Å². The van der Waals surface area contributed by atoms with Crippen LogP contribution in [-0.2, 0) is 29.4 Å². The molecular formula is C25H30F2N4O5S. The molecule has 2 atom stereocenters. The minimum Gasteiger partial charge on any atom is -0.435 e. The Labute approximate surface area is 214 Å². The molecule has 0 bridgehead atoms. The number of rotatable bonds is 12. The molecule has 2 unspecified atom stereocenters. The van der Waals surface area contributed by atoms with E-state index in [9.17, 15) is 27.1 Å². The third-order valence-electron chi connectivity index (χ3n) is 5.51. The highest BCUT2D eigenvalue weighted by Gasteiger charge is 2.26. The number of benzene rings is 2. The standard InChI is InChI=1S/C25H30F2N4O5S/c1-4-16-6-5-7-17(8-16)13-28-14-22(32)21(11-18-9-19(26)12-20(27)10-18)29-24(33)25-30-23(15(2)36-25)31-37(3,34)35/h5-10,12,21-22,28,31-32H,4,11,13-14H2,1-3H3,(H,29,33). The van der Waals surface area contributed by atoms with Gasteiger partial charge < -0.3 is 20.2 Å². The van der Waals surface area contributed by atoms with Crippen molar-refractivity contribution in [2.24, 2.45) is 0 Å². The Kier molecular flexibility index (Phi) is 9.35. The van der Waals surface area contributed by atoms with Crippen molar-refractivity contribution in [3.8, 4) is 0 Å². The van der Waals surface area contributed by atoms with Gasteiger partial charge in [-0.15, -0.1) is 0 Å². The number of hydrogen-bond donors (Lipinski definition) is 4. The number of nitrogens with one attached hydrogen (secondary N) is 3. The number of carbonyl (C=O) groups excluding carboxylic acids is 1. The fraction of sp³-hybridized carbons (Fsp3) is 0.360. The third kappa shape index (κ3) is 8.62. The Morgan fingerprint density at radius 1 is 1.11 bits per heavy atom. The highest BCUT2D eigenvalue weighted by Crippen LogP contribution is 2.17. The predicted molar refractivity (Wildman–Crippen MR) is 135 cm³/mol. The van der Waals surface area contributed by atoms with Gasteiger partial charge >= 0.3 is 5.91 Å². The highest BCUT2D eigenvalue weighted by molar-refractivity contribution is 7.92. The second kappa shape index (κ2) is 12.3. The van der Waals surface area contributed by atoms with Crippen LogP contribution in [0.3, 0.4) is 0 Å². The molecule has 1 aromatic heterocycles. The molecule has 0 spiro atoms. The molecule has 3 aromatic rings. The predicted octanol–water partition coefficient (Wildman–Crippen LogP) is 2.69. The zero-order chi connectivity index (χ0) is 27.2. The smallest absolute Gasteiger partial charge is 0.307 e. The fourth-order valence-electron chi connectivity index (χ4n) is 3.73. The first kappa shape index (κ1) is 28.2. The number of carbonyl (C=O) groups is 1. The van der Waals surface area contributed by atoms with Crippen molar-refractivity contribution in [1.82, 2.24) is 15.6 Å². The van der Waals surface area contributed by atoms with Crippen LogP contribution < -0.4 is 15.4 Å². The molecule has 4 N–H and O–H groups in total. The topological polar surface area (TPSA) is 134 Å². The second-order valence-corrected chi connectivity index (χ2v) is 10.5. The Bertz CT molecular complexity index is 1330. The van der Waals surface area contributed by atoms with Crippen LogP contribution in [0.15, 0.2) is 46.9 Å². The van der Waals surface area contributed by atoms with Gasteiger partial charge in [0.2, 0.25) is 10.0 Å². The van der Waals surface area contributed by atoms with Gasteiger partial charge in [-0.2, -0.15) is 4.98 Å². The average molecular weight is 537 g/mol. The number of aliphatic hydroxyl groups is 1. The van der Waals surface area contributed by atoms with Gasteiger partial charge in [0.15, 0.2) is 5.82 Å². The largest absolute Gasteiger partial charge is 0.435 e. The molecule has 0 radical (unpaired) electrons. The number of halogens is 2. The summed E-state index contributed by atoms with van der Waals surface area (Å²) in [6.45, 7) is 4.00. The van der Waals surface area contributed by atoms with Gasteiger partial charge in [-0.05, 0) is 48.6 Å². The number of oxazole rings is 1. The van der Waals surface area contributed by atoms with Crippen LogP contribution in [0.4, 0.5) is 14.6 Å². The van der Waals surface area contributed by atoms with Crippen molar-refractivity contribution in [2.45, 2.75) is 45.4 Å². The van der Waals surface area contributed by atoms with Gasteiger partial charge in [0.05, 0.1) is 18.4 Å². The quantitative estimate of drug-likeness (QED) is 0.280. The first-order valence-electron chi connectivity index (χ1n) is 11.6. The van der Waals surface area contributed by atoms with Gasteiger partial charge in [0.25, 0.3) is 5.89 Å². The van der Waals surface area contributed by atoms with E-state index in [0.717, 1.165) is 36.4 Å². The van der Waals surface area contributed by atoms with Gasteiger partial charge in [0, 0.05) is 19.2 Å². The number of aliphatic hydroxyl groups excluding tert-OH is 1.